The summed E-state index contributed by atoms with van der Waals surface area (Å²) in [5.41, 5.74) is 0. The monoisotopic (exact) mass is 793 g/mol. The average Bonchev–Trinajstić information content (AvgIpc) is 3.14. The van der Waals surface area contributed by atoms with E-state index in [9.17, 15) is 24.2 Å². The van der Waals surface area contributed by atoms with Crippen molar-refractivity contribution in [2.75, 3.05) is 26.4 Å². The summed E-state index contributed by atoms with van der Waals surface area (Å²) in [7, 11) is -4.61. The molecule has 0 aliphatic heterocycles. The van der Waals surface area contributed by atoms with E-state index in [2.05, 4.69) is 32.2 Å². The molecule has 0 bridgehead atoms. The maximum absolute atomic E-state index is 12.6. The Morgan fingerprint density at radius 3 is 1.37 bits per heavy atom. The van der Waals surface area contributed by atoms with Gasteiger partial charge in [-0.3, -0.25) is 18.6 Å². The number of hydrogen-bond donors (Lipinski definition) is 3. The highest BCUT2D eigenvalue weighted by atomic mass is 31.2. The summed E-state index contributed by atoms with van der Waals surface area (Å²) in [5.74, 6) is 0.700. The number of phosphoric acid groups is 1. The maximum Gasteiger partial charge on any atom is 0.472 e. The van der Waals surface area contributed by atoms with Crippen molar-refractivity contribution < 1.29 is 47.8 Å². The van der Waals surface area contributed by atoms with Gasteiger partial charge >= 0.3 is 19.8 Å². The van der Waals surface area contributed by atoms with Crippen LogP contribution < -0.4 is 0 Å². The van der Waals surface area contributed by atoms with E-state index >= 15 is 0 Å². The van der Waals surface area contributed by atoms with Gasteiger partial charge in [0.2, 0.25) is 0 Å². The first-order valence-electron chi connectivity index (χ1n) is 22.2. The molecule has 54 heavy (non-hydrogen) atoms. The predicted octanol–water partition coefficient (Wildman–Crippen LogP) is 11.6. The number of phosphoric ester groups is 1. The molecule has 0 aromatic rings. The van der Waals surface area contributed by atoms with Crippen LogP contribution in [0, 0.1) is 11.8 Å². The van der Waals surface area contributed by atoms with Gasteiger partial charge in [-0.05, 0) is 24.7 Å². The van der Waals surface area contributed by atoms with Gasteiger partial charge in [0.25, 0.3) is 0 Å². The van der Waals surface area contributed by atoms with Crippen molar-refractivity contribution in [2.45, 2.75) is 226 Å². The van der Waals surface area contributed by atoms with Crippen molar-refractivity contribution in [2.24, 2.45) is 11.8 Å². The minimum Gasteiger partial charge on any atom is -0.462 e. The molecule has 0 saturated heterocycles. The minimum absolute atomic E-state index is 0.190. The van der Waals surface area contributed by atoms with Crippen LogP contribution in [0.4, 0.5) is 0 Å². The molecule has 3 N–H and O–H groups in total. The average molecular weight is 793 g/mol. The molecule has 0 aromatic carbocycles. The fraction of sp³-hybridized carbons (Fsp3) is 0.953. The van der Waals surface area contributed by atoms with Crippen molar-refractivity contribution >= 4 is 19.8 Å². The number of aliphatic hydroxyl groups excluding tert-OH is 2. The lowest BCUT2D eigenvalue weighted by Gasteiger charge is -2.20. The molecule has 4 atom stereocenters. The number of unbranched alkanes of at least 4 members (excludes halogenated alkanes) is 22. The molecule has 0 aliphatic rings. The van der Waals surface area contributed by atoms with Crippen LogP contribution in [0.5, 0.6) is 0 Å². The van der Waals surface area contributed by atoms with E-state index in [1.807, 2.05) is 0 Å². The number of carbonyl (C=O) groups excluding carboxylic acids is 2. The molecular weight excluding hydrogens is 707 g/mol. The van der Waals surface area contributed by atoms with E-state index in [1.54, 1.807) is 0 Å². The second-order valence-corrected chi connectivity index (χ2v) is 17.6. The van der Waals surface area contributed by atoms with E-state index in [4.69, 9.17) is 19.1 Å². The van der Waals surface area contributed by atoms with Gasteiger partial charge in [-0.2, -0.15) is 0 Å². The van der Waals surface area contributed by atoms with Gasteiger partial charge in [0, 0.05) is 12.8 Å². The van der Waals surface area contributed by atoms with Gasteiger partial charge in [-0.15, -0.1) is 0 Å². The lowest BCUT2D eigenvalue weighted by atomic mass is 9.99. The van der Waals surface area contributed by atoms with Crippen molar-refractivity contribution in [3.05, 3.63) is 0 Å². The van der Waals surface area contributed by atoms with Crippen molar-refractivity contribution in [1.29, 1.82) is 0 Å². The third-order valence-electron chi connectivity index (χ3n) is 10.2. The number of hydrogen-bond acceptors (Lipinski definition) is 9. The predicted molar refractivity (Wildman–Crippen MR) is 219 cm³/mol. The number of carbonyl (C=O) groups is 2. The Morgan fingerprint density at radius 1 is 0.556 bits per heavy atom. The summed E-state index contributed by atoms with van der Waals surface area (Å²) in [4.78, 5) is 34.9. The van der Waals surface area contributed by atoms with E-state index in [0.29, 0.717) is 12.8 Å². The fourth-order valence-corrected chi connectivity index (χ4v) is 7.18. The van der Waals surface area contributed by atoms with Crippen molar-refractivity contribution in [3.8, 4) is 0 Å². The summed E-state index contributed by atoms with van der Waals surface area (Å²) in [6.07, 6.45) is 31.0. The molecule has 322 valence electrons. The van der Waals surface area contributed by atoms with Gasteiger partial charge < -0.3 is 24.6 Å². The second kappa shape index (κ2) is 37.5. The zero-order valence-corrected chi connectivity index (χ0v) is 36.2. The normalized spacial score (nSPS) is 14.5. The highest BCUT2D eigenvalue weighted by Crippen LogP contribution is 2.43. The standard InChI is InChI=1S/C43H85O10P/c1-5-39(4)31-27-23-18-16-14-12-10-8-6-7-9-11-13-15-17-19-25-29-33-43(47)53-41(37-52-54(48,49)51-35-40(45)34-44)36-50-42(46)32-28-24-21-20-22-26-30-38(2)3/h38-41,44-45H,5-37H2,1-4H3,(H,48,49)/t39?,40-,41+/m0/s1. The van der Waals surface area contributed by atoms with Gasteiger partial charge in [0.1, 0.15) is 12.7 Å². The molecule has 0 amide bonds. The van der Waals surface area contributed by atoms with Crippen LogP contribution >= 0.6 is 7.82 Å². The first kappa shape index (κ1) is 53.0. The molecular formula is C43H85O10P. The van der Waals surface area contributed by atoms with Crippen LogP contribution in [-0.4, -0.2) is 65.7 Å². The third-order valence-corrected chi connectivity index (χ3v) is 11.2. The van der Waals surface area contributed by atoms with E-state index in [-0.39, 0.29) is 19.4 Å². The molecule has 0 fully saturated rings. The van der Waals surface area contributed by atoms with Crippen LogP contribution in [0.3, 0.4) is 0 Å². The Kier molecular flexibility index (Phi) is 36.8. The molecule has 2 unspecified atom stereocenters. The number of rotatable bonds is 41. The first-order chi connectivity index (χ1) is 26.0. The zero-order valence-electron chi connectivity index (χ0n) is 35.3. The van der Waals surface area contributed by atoms with Gasteiger partial charge in [-0.1, -0.05) is 188 Å². The Bertz CT molecular complexity index is 901. The summed E-state index contributed by atoms with van der Waals surface area (Å²) >= 11 is 0. The topological polar surface area (TPSA) is 149 Å². The number of esters is 2. The van der Waals surface area contributed by atoms with Gasteiger partial charge in [0.05, 0.1) is 19.8 Å². The maximum atomic E-state index is 12.6. The molecule has 0 radical (unpaired) electrons. The fourth-order valence-electron chi connectivity index (χ4n) is 6.39. The molecule has 0 rings (SSSR count). The molecule has 10 nitrogen and oxygen atoms in total. The lowest BCUT2D eigenvalue weighted by Crippen LogP contribution is -2.29. The summed E-state index contributed by atoms with van der Waals surface area (Å²) in [6.45, 7) is 7.03. The van der Waals surface area contributed by atoms with Crippen LogP contribution in [-0.2, 0) is 32.7 Å². The molecule has 0 saturated carbocycles. The second-order valence-electron chi connectivity index (χ2n) is 16.2. The quantitative estimate of drug-likeness (QED) is 0.0310. The third kappa shape index (κ3) is 37.9. The zero-order chi connectivity index (χ0) is 40.1. The van der Waals surface area contributed by atoms with Crippen molar-refractivity contribution in [3.63, 3.8) is 0 Å². The lowest BCUT2D eigenvalue weighted by molar-refractivity contribution is -0.161. The summed E-state index contributed by atoms with van der Waals surface area (Å²) < 4.78 is 32.7. The molecule has 0 aromatic heterocycles. The highest BCUT2D eigenvalue weighted by molar-refractivity contribution is 7.47. The van der Waals surface area contributed by atoms with Crippen LogP contribution in [0.1, 0.15) is 214 Å². The Morgan fingerprint density at radius 2 is 0.944 bits per heavy atom. The smallest absolute Gasteiger partial charge is 0.462 e. The Labute approximate surface area is 331 Å². The SMILES string of the molecule is CCC(C)CCCCCCCCCCCCCCCCCCCCC(=O)O[C@H](COC(=O)CCCCCCCCC(C)C)COP(=O)(O)OC[C@@H](O)CO. The van der Waals surface area contributed by atoms with Crippen molar-refractivity contribution in [1.82, 2.24) is 0 Å². The van der Waals surface area contributed by atoms with Crippen LogP contribution in [0.25, 0.3) is 0 Å². The molecule has 0 spiro atoms. The molecule has 0 heterocycles. The first-order valence-corrected chi connectivity index (χ1v) is 23.7. The van der Waals surface area contributed by atoms with E-state index in [0.717, 1.165) is 50.4 Å². The largest absolute Gasteiger partial charge is 0.472 e. The molecule has 11 heteroatoms. The Hall–Kier alpha value is -1.03. The minimum atomic E-state index is -4.61. The van der Waals surface area contributed by atoms with Gasteiger partial charge in [0.15, 0.2) is 6.10 Å². The van der Waals surface area contributed by atoms with E-state index < -0.39 is 51.8 Å². The highest BCUT2D eigenvalue weighted by Gasteiger charge is 2.27. The summed E-state index contributed by atoms with van der Waals surface area (Å²) in [6, 6.07) is 0. The summed E-state index contributed by atoms with van der Waals surface area (Å²) in [5, 5.41) is 18.3. The number of aliphatic hydroxyl groups is 2. The number of ether oxygens (including phenoxy) is 2. The van der Waals surface area contributed by atoms with Gasteiger partial charge in [-0.25, -0.2) is 4.57 Å². The Balaban J connectivity index is 4.12. The van der Waals surface area contributed by atoms with Crippen LogP contribution in [0.15, 0.2) is 0 Å². The van der Waals surface area contributed by atoms with Crippen LogP contribution in [0.2, 0.25) is 0 Å². The van der Waals surface area contributed by atoms with E-state index in [1.165, 1.54) is 122 Å². The molecule has 0 aliphatic carbocycles.